The quantitative estimate of drug-likeness (QED) is 0.428. The zero-order valence-electron chi connectivity index (χ0n) is 18.5. The van der Waals surface area contributed by atoms with Gasteiger partial charge in [0, 0.05) is 30.5 Å². The second-order valence-electron chi connectivity index (χ2n) is 8.33. The van der Waals surface area contributed by atoms with E-state index in [-0.39, 0.29) is 16.8 Å². The van der Waals surface area contributed by atoms with Crippen molar-refractivity contribution in [2.75, 3.05) is 32.9 Å². The van der Waals surface area contributed by atoms with Crippen LogP contribution in [0, 0.1) is 5.82 Å². The van der Waals surface area contributed by atoms with E-state index in [4.69, 9.17) is 26.1 Å². The lowest BCUT2D eigenvalue weighted by molar-refractivity contribution is 0.0730. The highest BCUT2D eigenvalue weighted by molar-refractivity contribution is 7.98. The molecule has 182 valence electrons. The number of halogens is 2. The van der Waals surface area contributed by atoms with Crippen LogP contribution in [0.1, 0.15) is 18.4 Å². The molecule has 34 heavy (non-hydrogen) atoms. The largest absolute Gasteiger partial charge is 0.379 e. The molecule has 0 saturated carbocycles. The first-order chi connectivity index (χ1) is 16.4. The summed E-state index contributed by atoms with van der Waals surface area (Å²) in [5.41, 5.74) is 1.95. The van der Waals surface area contributed by atoms with Crippen molar-refractivity contribution < 1.29 is 22.3 Å². The number of rotatable bonds is 7. The third-order valence-corrected chi connectivity index (χ3v) is 9.23. The summed E-state index contributed by atoms with van der Waals surface area (Å²) in [7, 11) is -3.63. The summed E-state index contributed by atoms with van der Waals surface area (Å²) < 4.78 is 55.2. The summed E-state index contributed by atoms with van der Waals surface area (Å²) in [5.74, 6) is 0.0113. The van der Waals surface area contributed by atoms with Crippen LogP contribution in [0.5, 0.6) is 0 Å². The molecule has 5 rings (SSSR count). The molecule has 2 saturated heterocycles. The van der Waals surface area contributed by atoms with E-state index in [0.717, 1.165) is 25.0 Å². The minimum absolute atomic E-state index is 0.0702. The van der Waals surface area contributed by atoms with Crippen LogP contribution in [0.3, 0.4) is 0 Å². The average Bonchev–Trinajstić information content (AvgIpc) is 3.47. The maximum Gasteiger partial charge on any atom is 0.243 e. The summed E-state index contributed by atoms with van der Waals surface area (Å²) in [5, 5.41) is 1.05. The number of aromatic nitrogens is 2. The van der Waals surface area contributed by atoms with E-state index in [1.807, 2.05) is 0 Å². The highest BCUT2D eigenvalue weighted by atomic mass is 35.5. The Labute approximate surface area is 207 Å². The Balaban J connectivity index is 1.47. The Morgan fingerprint density at radius 3 is 2.71 bits per heavy atom. The smallest absolute Gasteiger partial charge is 0.243 e. The topological polar surface area (TPSA) is 73.7 Å². The lowest BCUT2D eigenvalue weighted by atomic mass is 10.2. The minimum Gasteiger partial charge on any atom is -0.379 e. The Bertz CT molecular complexity index is 1290. The first kappa shape index (κ1) is 24.0. The molecule has 2 aliphatic rings. The van der Waals surface area contributed by atoms with Crippen LogP contribution >= 0.6 is 23.4 Å². The average molecular weight is 526 g/mol. The van der Waals surface area contributed by atoms with Gasteiger partial charge in [0.1, 0.15) is 5.82 Å². The van der Waals surface area contributed by atoms with Gasteiger partial charge < -0.3 is 14.0 Å². The van der Waals surface area contributed by atoms with E-state index in [1.165, 1.54) is 22.1 Å². The Morgan fingerprint density at radius 2 is 1.97 bits per heavy atom. The van der Waals surface area contributed by atoms with Gasteiger partial charge in [-0.2, -0.15) is 4.31 Å². The molecule has 0 spiro atoms. The summed E-state index contributed by atoms with van der Waals surface area (Å²) in [4.78, 5) is 4.96. The highest BCUT2D eigenvalue weighted by Gasteiger charge is 2.28. The summed E-state index contributed by atoms with van der Waals surface area (Å²) in [6, 6.07) is 9.70. The first-order valence-electron chi connectivity index (χ1n) is 11.2. The molecule has 2 fully saturated rings. The fourth-order valence-corrected chi connectivity index (χ4v) is 6.84. The fourth-order valence-electron chi connectivity index (χ4n) is 4.24. The van der Waals surface area contributed by atoms with E-state index in [2.05, 4.69) is 4.57 Å². The molecule has 3 aromatic rings. The Morgan fingerprint density at radius 1 is 1.15 bits per heavy atom. The lowest BCUT2D eigenvalue weighted by Gasteiger charge is -2.26. The van der Waals surface area contributed by atoms with Gasteiger partial charge in [0.15, 0.2) is 5.16 Å². The SMILES string of the molecule is O=S(=O)(c1ccc2c(c1)nc(SCc1ccc(Cl)cc1F)n2CC1CCCO1)N1CCOCC1. The molecule has 0 aliphatic carbocycles. The normalized spacial score (nSPS) is 19.8. The number of benzene rings is 2. The first-order valence-corrected chi connectivity index (χ1v) is 14.0. The number of imidazole rings is 1. The molecule has 1 unspecified atom stereocenters. The van der Waals surface area contributed by atoms with E-state index in [9.17, 15) is 12.8 Å². The molecule has 7 nitrogen and oxygen atoms in total. The van der Waals surface area contributed by atoms with Crippen molar-refractivity contribution in [2.24, 2.45) is 0 Å². The van der Waals surface area contributed by atoms with Crippen LogP contribution in [0.25, 0.3) is 11.0 Å². The number of sulfonamides is 1. The summed E-state index contributed by atoms with van der Waals surface area (Å²) in [6.45, 7) is 2.79. The van der Waals surface area contributed by atoms with E-state index in [0.29, 0.717) is 59.9 Å². The van der Waals surface area contributed by atoms with Crippen molar-refractivity contribution in [3.63, 3.8) is 0 Å². The summed E-state index contributed by atoms with van der Waals surface area (Å²) >= 11 is 7.29. The minimum atomic E-state index is -3.63. The number of ether oxygens (including phenoxy) is 2. The van der Waals surface area contributed by atoms with Crippen molar-refractivity contribution in [1.82, 2.24) is 13.9 Å². The van der Waals surface area contributed by atoms with Crippen LogP contribution in [-0.2, 0) is 31.8 Å². The summed E-state index contributed by atoms with van der Waals surface area (Å²) in [6.07, 6.45) is 2.04. The molecule has 2 aromatic carbocycles. The molecule has 0 radical (unpaired) electrons. The molecular formula is C23H25ClFN3O4S2. The molecule has 0 N–H and O–H groups in total. The van der Waals surface area contributed by atoms with Crippen molar-refractivity contribution in [3.05, 3.63) is 52.8 Å². The Kier molecular flexibility index (Phi) is 7.15. The van der Waals surface area contributed by atoms with E-state index in [1.54, 1.807) is 30.3 Å². The van der Waals surface area contributed by atoms with E-state index >= 15 is 0 Å². The van der Waals surface area contributed by atoms with Gasteiger partial charge in [-0.25, -0.2) is 17.8 Å². The van der Waals surface area contributed by atoms with Gasteiger partial charge in [-0.3, -0.25) is 0 Å². The van der Waals surface area contributed by atoms with Gasteiger partial charge >= 0.3 is 0 Å². The Hall–Kier alpha value is -1.69. The maximum atomic E-state index is 14.3. The van der Waals surface area contributed by atoms with Crippen LogP contribution < -0.4 is 0 Å². The highest BCUT2D eigenvalue weighted by Crippen LogP contribution is 2.31. The van der Waals surface area contributed by atoms with Crippen molar-refractivity contribution in [2.45, 2.75) is 41.3 Å². The van der Waals surface area contributed by atoms with Gasteiger partial charge in [-0.15, -0.1) is 0 Å². The van der Waals surface area contributed by atoms with Gasteiger partial charge in [-0.05, 0) is 48.7 Å². The molecule has 1 atom stereocenters. The predicted octanol–water partition coefficient (Wildman–Crippen LogP) is 4.32. The molecule has 1 aromatic heterocycles. The van der Waals surface area contributed by atoms with Crippen LogP contribution in [0.15, 0.2) is 46.5 Å². The number of hydrogen-bond donors (Lipinski definition) is 0. The van der Waals surface area contributed by atoms with Gasteiger partial charge in [0.2, 0.25) is 10.0 Å². The molecular weight excluding hydrogens is 501 g/mol. The predicted molar refractivity (Wildman–Crippen MR) is 129 cm³/mol. The second kappa shape index (κ2) is 10.1. The van der Waals surface area contributed by atoms with E-state index < -0.39 is 10.0 Å². The van der Waals surface area contributed by atoms with Crippen molar-refractivity contribution in [3.8, 4) is 0 Å². The van der Waals surface area contributed by atoms with Crippen molar-refractivity contribution in [1.29, 1.82) is 0 Å². The standard InChI is InChI=1S/C23H25ClFN3O4S2/c24-17-4-3-16(20(25)12-17)15-33-23-26-21-13-19(34(29,30)27-7-10-31-11-8-27)5-6-22(21)28(23)14-18-2-1-9-32-18/h3-6,12-13,18H,1-2,7-11,14-15H2. The molecule has 2 aliphatic heterocycles. The zero-order valence-corrected chi connectivity index (χ0v) is 20.8. The second-order valence-corrected chi connectivity index (χ2v) is 11.6. The van der Waals surface area contributed by atoms with Crippen LogP contribution in [0.2, 0.25) is 5.02 Å². The number of fused-ring (bicyclic) bond motifs is 1. The monoisotopic (exact) mass is 525 g/mol. The van der Waals surface area contributed by atoms with Gasteiger partial charge in [0.25, 0.3) is 0 Å². The third-order valence-electron chi connectivity index (χ3n) is 6.07. The molecule has 0 bridgehead atoms. The van der Waals surface area contributed by atoms with Gasteiger partial charge in [0.05, 0.1) is 41.8 Å². The number of morpholine rings is 1. The molecule has 0 amide bonds. The maximum absolute atomic E-state index is 14.3. The van der Waals surface area contributed by atoms with Crippen molar-refractivity contribution >= 4 is 44.4 Å². The number of thioether (sulfide) groups is 1. The molecule has 3 heterocycles. The number of nitrogens with zero attached hydrogens (tertiary/aromatic N) is 3. The zero-order chi connectivity index (χ0) is 23.7. The van der Waals surface area contributed by atoms with Gasteiger partial charge in [-0.1, -0.05) is 29.4 Å². The third kappa shape index (κ3) is 4.98. The number of hydrogen-bond acceptors (Lipinski definition) is 6. The van der Waals surface area contributed by atoms with Crippen LogP contribution in [-0.4, -0.2) is 61.3 Å². The van der Waals surface area contributed by atoms with Crippen LogP contribution in [0.4, 0.5) is 4.39 Å². The lowest BCUT2D eigenvalue weighted by Crippen LogP contribution is -2.40. The fraction of sp³-hybridized carbons (Fsp3) is 0.435. The molecule has 11 heteroatoms.